The van der Waals surface area contributed by atoms with Gasteiger partial charge in [0.15, 0.2) is 0 Å². The third-order valence-electron chi connectivity index (χ3n) is 6.13. The molecular weight excluding hydrogens is 441 g/mol. The number of rotatable bonds is 5. The molecule has 4 nitrogen and oxygen atoms in total. The predicted molar refractivity (Wildman–Crippen MR) is 135 cm³/mol. The summed E-state index contributed by atoms with van der Waals surface area (Å²) in [6.07, 6.45) is 3.62. The first-order valence-electron chi connectivity index (χ1n) is 10.9. The van der Waals surface area contributed by atoms with E-state index in [4.69, 9.17) is 23.2 Å². The molecule has 1 heterocycles. The van der Waals surface area contributed by atoms with Gasteiger partial charge in [-0.2, -0.15) is 5.26 Å². The van der Waals surface area contributed by atoms with Gasteiger partial charge in [-0.05, 0) is 86.6 Å². The van der Waals surface area contributed by atoms with Crippen LogP contribution in [0.4, 0.5) is 11.4 Å². The van der Waals surface area contributed by atoms with Crippen molar-refractivity contribution < 1.29 is 4.79 Å². The van der Waals surface area contributed by atoms with Crippen LogP contribution >= 0.6 is 23.2 Å². The number of fused-ring (bicyclic) bond motifs is 1. The van der Waals surface area contributed by atoms with Crippen molar-refractivity contribution in [1.29, 1.82) is 5.26 Å². The predicted octanol–water partition coefficient (Wildman–Crippen LogP) is 7.35. The molecule has 0 saturated carbocycles. The number of anilines is 2. The van der Waals surface area contributed by atoms with E-state index in [0.717, 1.165) is 30.6 Å². The fraction of sp³-hybridized carbons (Fsp3) is 0.385. The van der Waals surface area contributed by atoms with Gasteiger partial charge in [0.2, 0.25) is 0 Å². The lowest BCUT2D eigenvalue weighted by Crippen LogP contribution is -2.48. The van der Waals surface area contributed by atoms with E-state index in [1.807, 2.05) is 25.1 Å². The van der Waals surface area contributed by atoms with Crippen molar-refractivity contribution in [3.8, 4) is 6.07 Å². The number of hydrogen-bond donors (Lipinski definition) is 1. The van der Waals surface area contributed by atoms with Gasteiger partial charge in [-0.3, -0.25) is 4.79 Å². The number of carbonyl (C=O) groups is 1. The first kappa shape index (κ1) is 24.2. The highest BCUT2D eigenvalue weighted by Gasteiger charge is 2.36. The second-order valence-electron chi connectivity index (χ2n) is 9.04. The summed E-state index contributed by atoms with van der Waals surface area (Å²) in [7, 11) is 0. The number of hydrogen-bond acceptors (Lipinski definition) is 3. The Labute approximate surface area is 200 Å². The largest absolute Gasteiger partial charge is 0.366 e. The molecule has 1 atom stereocenters. The van der Waals surface area contributed by atoms with Crippen LogP contribution in [0.15, 0.2) is 35.9 Å². The second kappa shape index (κ2) is 9.57. The van der Waals surface area contributed by atoms with E-state index >= 15 is 0 Å². The Morgan fingerprint density at radius 3 is 2.69 bits per heavy atom. The molecule has 1 N–H and O–H groups in total. The molecule has 2 aromatic carbocycles. The van der Waals surface area contributed by atoms with Gasteiger partial charge < -0.3 is 10.2 Å². The maximum atomic E-state index is 12.8. The summed E-state index contributed by atoms with van der Waals surface area (Å²) in [6, 6.07) is 11.3. The molecule has 1 aliphatic heterocycles. The molecule has 168 valence electrons. The standard InChI is InChI=1S/C26H29Cl2N3O/c1-6-10-31-24-13-22(28)18(12-20(24)16(2)14-26(31,4)5)11-19(15-29)25(32)30-23-9-7-8-21(27)17(23)3/h7-9,11-13,16H,6,10,14H2,1-5H3,(H,30,32)/b19-11+. The topological polar surface area (TPSA) is 56.1 Å². The van der Waals surface area contributed by atoms with Crippen LogP contribution < -0.4 is 10.2 Å². The van der Waals surface area contributed by atoms with Crippen LogP contribution in [0.25, 0.3) is 6.08 Å². The summed E-state index contributed by atoms with van der Waals surface area (Å²) in [5, 5.41) is 13.5. The van der Waals surface area contributed by atoms with Gasteiger partial charge >= 0.3 is 0 Å². The smallest absolute Gasteiger partial charge is 0.266 e. The zero-order valence-electron chi connectivity index (χ0n) is 19.2. The minimum Gasteiger partial charge on any atom is -0.366 e. The van der Waals surface area contributed by atoms with Crippen LogP contribution in [0.3, 0.4) is 0 Å². The first-order valence-corrected chi connectivity index (χ1v) is 11.6. The minimum absolute atomic E-state index is 0.0135. The average molecular weight is 470 g/mol. The van der Waals surface area contributed by atoms with Crippen molar-refractivity contribution in [3.05, 3.63) is 62.6 Å². The van der Waals surface area contributed by atoms with E-state index in [2.05, 4.69) is 37.9 Å². The second-order valence-corrected chi connectivity index (χ2v) is 9.85. The number of nitriles is 1. The Balaban J connectivity index is 1.99. The maximum absolute atomic E-state index is 12.8. The molecule has 0 spiro atoms. The number of carbonyl (C=O) groups excluding carboxylic acids is 1. The molecule has 0 fully saturated rings. The van der Waals surface area contributed by atoms with Gasteiger partial charge in [-0.15, -0.1) is 0 Å². The Bertz CT molecular complexity index is 1110. The summed E-state index contributed by atoms with van der Waals surface area (Å²) in [5.41, 5.74) is 4.34. The lowest BCUT2D eigenvalue weighted by Gasteiger charge is -2.47. The molecule has 6 heteroatoms. The molecule has 32 heavy (non-hydrogen) atoms. The van der Waals surface area contributed by atoms with E-state index in [0.29, 0.717) is 27.2 Å². The molecule has 0 saturated heterocycles. The Kier molecular flexibility index (Phi) is 7.22. The van der Waals surface area contributed by atoms with Crippen LogP contribution in [-0.2, 0) is 4.79 Å². The third-order valence-corrected chi connectivity index (χ3v) is 6.87. The molecule has 1 amide bonds. The molecular formula is C26H29Cl2N3O. The van der Waals surface area contributed by atoms with Gasteiger partial charge in [0.25, 0.3) is 5.91 Å². The zero-order chi connectivity index (χ0) is 23.6. The summed E-state index contributed by atoms with van der Waals surface area (Å²) >= 11 is 12.8. The maximum Gasteiger partial charge on any atom is 0.266 e. The van der Waals surface area contributed by atoms with Crippen molar-refractivity contribution in [2.45, 2.75) is 58.9 Å². The minimum atomic E-state index is -0.492. The highest BCUT2D eigenvalue weighted by molar-refractivity contribution is 6.33. The lowest BCUT2D eigenvalue weighted by atomic mass is 9.79. The number of benzene rings is 2. The molecule has 0 bridgehead atoms. The van der Waals surface area contributed by atoms with Gasteiger partial charge in [0.1, 0.15) is 11.6 Å². The fourth-order valence-electron chi connectivity index (χ4n) is 4.52. The molecule has 0 aromatic heterocycles. The van der Waals surface area contributed by atoms with E-state index < -0.39 is 5.91 Å². The zero-order valence-corrected chi connectivity index (χ0v) is 20.7. The normalized spacial score (nSPS) is 17.5. The number of halogens is 2. The van der Waals surface area contributed by atoms with Crippen molar-refractivity contribution >= 4 is 46.6 Å². The van der Waals surface area contributed by atoms with Crippen molar-refractivity contribution in [2.24, 2.45) is 0 Å². The van der Waals surface area contributed by atoms with Crippen LogP contribution in [0, 0.1) is 18.3 Å². The fourth-order valence-corrected chi connectivity index (χ4v) is 4.90. The SMILES string of the molecule is CCCN1c2cc(Cl)c(/C=C(\C#N)C(=O)Nc3cccc(Cl)c3C)cc2C(C)CC1(C)C. The highest BCUT2D eigenvalue weighted by atomic mass is 35.5. The van der Waals surface area contributed by atoms with Gasteiger partial charge in [-0.25, -0.2) is 0 Å². The van der Waals surface area contributed by atoms with E-state index in [-0.39, 0.29) is 11.1 Å². The molecule has 0 aliphatic carbocycles. The third kappa shape index (κ3) is 4.80. The Morgan fingerprint density at radius 2 is 2.03 bits per heavy atom. The molecule has 3 rings (SSSR count). The highest BCUT2D eigenvalue weighted by Crippen LogP contribution is 2.45. The monoisotopic (exact) mass is 469 g/mol. The average Bonchev–Trinajstić information content (AvgIpc) is 2.72. The van der Waals surface area contributed by atoms with Gasteiger partial charge in [0, 0.05) is 33.5 Å². The molecule has 1 unspecified atom stereocenters. The summed E-state index contributed by atoms with van der Waals surface area (Å²) in [5.74, 6) is -0.153. The van der Waals surface area contributed by atoms with E-state index in [1.54, 1.807) is 24.3 Å². The van der Waals surface area contributed by atoms with Gasteiger partial charge in [0.05, 0.1) is 0 Å². The van der Waals surface area contributed by atoms with Gasteiger partial charge in [-0.1, -0.05) is 43.1 Å². The van der Waals surface area contributed by atoms with Crippen LogP contribution in [0.5, 0.6) is 0 Å². The molecule has 1 aliphatic rings. The summed E-state index contributed by atoms with van der Waals surface area (Å²) in [6.45, 7) is 11.7. The van der Waals surface area contributed by atoms with Crippen LogP contribution in [0.2, 0.25) is 10.0 Å². The van der Waals surface area contributed by atoms with Crippen molar-refractivity contribution in [3.63, 3.8) is 0 Å². The van der Waals surface area contributed by atoms with E-state index in [1.165, 1.54) is 5.56 Å². The van der Waals surface area contributed by atoms with Crippen LogP contribution in [-0.4, -0.2) is 18.0 Å². The Hall–Kier alpha value is -2.48. The van der Waals surface area contributed by atoms with Crippen molar-refractivity contribution in [1.82, 2.24) is 0 Å². The van der Waals surface area contributed by atoms with Crippen LogP contribution in [0.1, 0.15) is 63.1 Å². The molecule has 0 radical (unpaired) electrons. The number of nitrogens with zero attached hydrogens (tertiary/aromatic N) is 2. The summed E-state index contributed by atoms with van der Waals surface area (Å²) < 4.78 is 0. The number of nitrogens with one attached hydrogen (secondary N) is 1. The quantitative estimate of drug-likeness (QED) is 0.367. The van der Waals surface area contributed by atoms with Crippen molar-refractivity contribution in [2.75, 3.05) is 16.8 Å². The number of amides is 1. The molecule has 2 aromatic rings. The lowest BCUT2D eigenvalue weighted by molar-refractivity contribution is -0.112. The summed E-state index contributed by atoms with van der Waals surface area (Å²) in [4.78, 5) is 15.2. The Morgan fingerprint density at radius 1 is 1.31 bits per heavy atom. The first-order chi connectivity index (χ1) is 15.1. The van der Waals surface area contributed by atoms with E-state index in [9.17, 15) is 10.1 Å².